The highest BCUT2D eigenvalue weighted by Gasteiger charge is 2.40. The predicted octanol–water partition coefficient (Wildman–Crippen LogP) is 4.05. The summed E-state index contributed by atoms with van der Waals surface area (Å²) in [5.41, 5.74) is 5.86. The Kier molecular flexibility index (Phi) is 13.0. The summed E-state index contributed by atoms with van der Waals surface area (Å²) in [4.78, 5) is 83.2. The highest BCUT2D eigenvalue weighted by Crippen LogP contribution is 2.24. The first-order valence-corrected chi connectivity index (χ1v) is 18.5. The molecule has 0 saturated carbocycles. The summed E-state index contributed by atoms with van der Waals surface area (Å²) in [5.74, 6) is -4.87. The van der Waals surface area contributed by atoms with Gasteiger partial charge in [0.2, 0.25) is 23.6 Å². The number of carboxylic acid groups (broad SMARTS) is 1. The second kappa shape index (κ2) is 17.8. The Morgan fingerprint density at radius 3 is 2.02 bits per heavy atom. The van der Waals surface area contributed by atoms with Crippen molar-refractivity contribution in [3.63, 3.8) is 0 Å². The lowest BCUT2D eigenvalue weighted by Gasteiger charge is -2.33. The van der Waals surface area contributed by atoms with E-state index >= 15 is 0 Å². The van der Waals surface area contributed by atoms with Gasteiger partial charge in [-0.2, -0.15) is 0 Å². The quantitative estimate of drug-likeness (QED) is 0.0773. The standard InChI is InChI=1S/C43H48N6O8/c1-42(2,3)57-41(56)49-43(4,24-30-25-45-32-17-11-10-16-31(30)32)40(55)48-34(22-27-18-19-28-14-8-9-15-29(28)20-27)38(53)47-35(23-36(50)51)39(54)46-33(37(44)52)21-26-12-6-5-7-13-26/h5-20,25,33-35,45H,21-24H2,1-4H3,(H2,44,52)(H,46,54)(H,47,53)(H,48,55)(H,49,56)(H,50,51)/t33-,34-,35-,43-/m0/s1. The number of aromatic amines is 1. The molecule has 4 atom stereocenters. The molecule has 0 saturated heterocycles. The maximum absolute atomic E-state index is 14.5. The third-order valence-corrected chi connectivity index (χ3v) is 9.33. The zero-order valence-corrected chi connectivity index (χ0v) is 32.3. The van der Waals surface area contributed by atoms with Crippen LogP contribution in [0.2, 0.25) is 0 Å². The van der Waals surface area contributed by atoms with Crippen LogP contribution in [0.5, 0.6) is 0 Å². The molecule has 5 aromatic rings. The molecule has 4 aromatic carbocycles. The first-order valence-electron chi connectivity index (χ1n) is 18.5. The first-order chi connectivity index (χ1) is 27.0. The van der Waals surface area contributed by atoms with Gasteiger partial charge in [0, 0.05) is 36.4 Å². The maximum Gasteiger partial charge on any atom is 0.408 e. The first kappa shape index (κ1) is 41.5. The number of para-hydroxylation sites is 1. The minimum absolute atomic E-state index is 0.0215. The van der Waals surface area contributed by atoms with Crippen LogP contribution in [-0.2, 0) is 48.0 Å². The van der Waals surface area contributed by atoms with E-state index in [9.17, 15) is 33.9 Å². The number of benzene rings is 4. The third-order valence-electron chi connectivity index (χ3n) is 9.33. The number of nitrogens with two attached hydrogens (primary N) is 1. The summed E-state index contributed by atoms with van der Waals surface area (Å²) in [6.07, 6.45) is -0.0602. The Bertz CT molecular complexity index is 2270. The number of aromatic nitrogens is 1. The van der Waals surface area contributed by atoms with Gasteiger partial charge in [0.25, 0.3) is 0 Å². The van der Waals surface area contributed by atoms with Crippen molar-refractivity contribution in [2.45, 2.75) is 82.6 Å². The lowest BCUT2D eigenvalue weighted by molar-refractivity contribution is -0.141. The molecule has 0 aliphatic carbocycles. The van der Waals surface area contributed by atoms with E-state index in [0.29, 0.717) is 16.7 Å². The molecule has 0 radical (unpaired) electrons. The molecule has 57 heavy (non-hydrogen) atoms. The fourth-order valence-corrected chi connectivity index (χ4v) is 6.50. The SMILES string of the molecule is CC(C)(C)OC(=O)N[C@@](C)(Cc1c[nH]c2ccccc12)C(=O)N[C@@H](Cc1ccc2ccccc2c1)C(=O)N[C@@H](CC(=O)O)C(=O)N[C@@H](Cc1ccccc1)C(N)=O. The number of alkyl carbamates (subject to hydrolysis) is 1. The van der Waals surface area contributed by atoms with Crippen LogP contribution in [0.4, 0.5) is 4.79 Å². The van der Waals surface area contributed by atoms with Gasteiger partial charge in [-0.1, -0.05) is 91.0 Å². The summed E-state index contributed by atoms with van der Waals surface area (Å²) >= 11 is 0. The molecule has 0 spiro atoms. The van der Waals surface area contributed by atoms with Gasteiger partial charge in [0.1, 0.15) is 29.3 Å². The molecule has 14 nitrogen and oxygen atoms in total. The number of nitrogens with one attached hydrogen (secondary N) is 5. The predicted molar refractivity (Wildman–Crippen MR) is 215 cm³/mol. The molecule has 0 fully saturated rings. The molecule has 0 aliphatic rings. The van der Waals surface area contributed by atoms with Crippen LogP contribution in [0.25, 0.3) is 21.7 Å². The summed E-state index contributed by atoms with van der Waals surface area (Å²) in [7, 11) is 0. The number of ether oxygens (including phenoxy) is 1. The van der Waals surface area contributed by atoms with Crippen molar-refractivity contribution >= 4 is 57.4 Å². The van der Waals surface area contributed by atoms with E-state index in [4.69, 9.17) is 10.5 Å². The summed E-state index contributed by atoms with van der Waals surface area (Å²) in [5, 5.41) is 22.9. The van der Waals surface area contributed by atoms with Gasteiger partial charge in [-0.15, -0.1) is 0 Å². The molecular weight excluding hydrogens is 729 g/mol. The molecule has 5 rings (SSSR count). The maximum atomic E-state index is 14.5. The van der Waals surface area contributed by atoms with Crippen molar-refractivity contribution in [3.8, 4) is 0 Å². The topological polar surface area (TPSA) is 222 Å². The van der Waals surface area contributed by atoms with E-state index in [2.05, 4.69) is 26.3 Å². The largest absolute Gasteiger partial charge is 0.481 e. The Balaban J connectivity index is 1.46. The van der Waals surface area contributed by atoms with Crippen molar-refractivity contribution < 1.29 is 38.6 Å². The van der Waals surface area contributed by atoms with Crippen LogP contribution >= 0.6 is 0 Å². The molecule has 8 N–H and O–H groups in total. The highest BCUT2D eigenvalue weighted by atomic mass is 16.6. The van der Waals surface area contributed by atoms with Gasteiger partial charge in [-0.05, 0) is 61.2 Å². The molecule has 0 unspecified atom stereocenters. The zero-order chi connectivity index (χ0) is 41.3. The van der Waals surface area contributed by atoms with Crippen molar-refractivity contribution in [2.24, 2.45) is 5.73 Å². The average Bonchev–Trinajstić information content (AvgIpc) is 3.55. The Hall–Kier alpha value is -6.70. The monoisotopic (exact) mass is 776 g/mol. The molecule has 1 aromatic heterocycles. The number of carboxylic acids is 1. The normalized spacial score (nSPS) is 14.0. The van der Waals surface area contributed by atoms with E-state index in [1.54, 1.807) is 63.4 Å². The van der Waals surface area contributed by atoms with E-state index in [0.717, 1.165) is 21.7 Å². The van der Waals surface area contributed by atoms with Gasteiger partial charge >= 0.3 is 12.1 Å². The molecule has 14 heteroatoms. The lowest BCUT2D eigenvalue weighted by Crippen LogP contribution is -2.63. The van der Waals surface area contributed by atoms with E-state index in [1.807, 2.05) is 60.7 Å². The Labute approximate surface area is 329 Å². The molecule has 0 aliphatic heterocycles. The summed E-state index contributed by atoms with van der Waals surface area (Å²) < 4.78 is 5.53. The van der Waals surface area contributed by atoms with Crippen LogP contribution < -0.4 is 27.0 Å². The van der Waals surface area contributed by atoms with Gasteiger partial charge in [0.05, 0.1) is 6.42 Å². The third kappa shape index (κ3) is 11.4. The van der Waals surface area contributed by atoms with Crippen LogP contribution in [0.1, 0.15) is 50.8 Å². The number of amides is 5. The van der Waals surface area contributed by atoms with Crippen LogP contribution in [0, 0.1) is 0 Å². The van der Waals surface area contributed by atoms with E-state index < -0.39 is 71.4 Å². The number of hydrogen-bond acceptors (Lipinski definition) is 7. The van der Waals surface area contributed by atoms with Crippen LogP contribution in [0.15, 0.2) is 103 Å². The number of hydrogen-bond donors (Lipinski definition) is 7. The molecule has 0 bridgehead atoms. The number of carbonyl (C=O) groups is 6. The number of H-pyrrole nitrogens is 1. The number of carbonyl (C=O) groups excluding carboxylic acids is 5. The second-order valence-corrected chi connectivity index (χ2v) is 15.2. The van der Waals surface area contributed by atoms with Gasteiger partial charge < -0.3 is 41.8 Å². The fraction of sp³-hybridized carbons (Fsp3) is 0.302. The van der Waals surface area contributed by atoms with E-state index in [-0.39, 0.29) is 19.3 Å². The van der Waals surface area contributed by atoms with Crippen molar-refractivity contribution in [1.82, 2.24) is 26.3 Å². The van der Waals surface area contributed by atoms with Gasteiger partial charge in [-0.3, -0.25) is 24.0 Å². The zero-order valence-electron chi connectivity index (χ0n) is 32.3. The van der Waals surface area contributed by atoms with Crippen LogP contribution in [-0.4, -0.2) is 75.0 Å². The van der Waals surface area contributed by atoms with Crippen molar-refractivity contribution in [3.05, 3.63) is 120 Å². The Morgan fingerprint density at radius 1 is 0.719 bits per heavy atom. The minimum atomic E-state index is -1.70. The lowest BCUT2D eigenvalue weighted by atomic mass is 9.90. The average molecular weight is 777 g/mol. The summed E-state index contributed by atoms with van der Waals surface area (Å²) in [6, 6.07) is 25.0. The van der Waals surface area contributed by atoms with Crippen molar-refractivity contribution in [2.75, 3.05) is 0 Å². The second-order valence-electron chi connectivity index (χ2n) is 15.2. The van der Waals surface area contributed by atoms with Crippen molar-refractivity contribution in [1.29, 1.82) is 0 Å². The molecule has 298 valence electrons. The minimum Gasteiger partial charge on any atom is -0.481 e. The van der Waals surface area contributed by atoms with Gasteiger partial charge in [0.15, 0.2) is 0 Å². The number of fused-ring (bicyclic) bond motifs is 2. The van der Waals surface area contributed by atoms with Gasteiger partial charge in [-0.25, -0.2) is 4.79 Å². The number of aliphatic carboxylic acids is 1. The Morgan fingerprint density at radius 2 is 1.33 bits per heavy atom. The smallest absolute Gasteiger partial charge is 0.408 e. The number of primary amides is 1. The van der Waals surface area contributed by atoms with Crippen LogP contribution in [0.3, 0.4) is 0 Å². The molecule has 1 heterocycles. The molecular formula is C43H48N6O8. The number of rotatable bonds is 16. The molecule has 5 amide bonds. The highest BCUT2D eigenvalue weighted by molar-refractivity contribution is 5.98. The summed E-state index contributed by atoms with van der Waals surface area (Å²) in [6.45, 7) is 6.57. The fourth-order valence-electron chi connectivity index (χ4n) is 6.50. The van der Waals surface area contributed by atoms with E-state index in [1.165, 1.54) is 6.92 Å².